The van der Waals surface area contributed by atoms with E-state index < -0.39 is 6.04 Å². The first-order valence-corrected chi connectivity index (χ1v) is 5.95. The molecule has 1 aliphatic heterocycles. The van der Waals surface area contributed by atoms with Gasteiger partial charge in [0.05, 0.1) is 13.3 Å². The number of methoxy groups -OCH3 is 1. The molecule has 19 heavy (non-hydrogen) atoms. The molecule has 1 atom stereocenters. The number of carbonyl (C=O) groups excluding carboxylic acids is 2. The standard InChI is InChI=1S/C13H15N3O3/c1-19-10-4-2-9(3-5-10)8-14-16-13(18)11-6-7-12(17)15-11/h2-5,8,11H,6-7H2,1H3,(H,15,17)(H,16,18)/b14-8+. The third-order valence-electron chi connectivity index (χ3n) is 2.82. The summed E-state index contributed by atoms with van der Waals surface area (Å²) in [6, 6.07) is 6.79. The fourth-order valence-corrected chi connectivity index (χ4v) is 1.75. The molecule has 6 nitrogen and oxygen atoms in total. The van der Waals surface area contributed by atoms with Crippen LogP contribution in [-0.4, -0.2) is 31.2 Å². The SMILES string of the molecule is COc1ccc(/C=N/NC(=O)C2CCC(=O)N2)cc1. The minimum Gasteiger partial charge on any atom is -0.497 e. The largest absolute Gasteiger partial charge is 0.497 e. The van der Waals surface area contributed by atoms with E-state index in [4.69, 9.17) is 4.74 Å². The third kappa shape index (κ3) is 3.54. The van der Waals surface area contributed by atoms with Gasteiger partial charge in [-0.25, -0.2) is 5.43 Å². The molecular formula is C13H15N3O3. The molecular weight excluding hydrogens is 246 g/mol. The number of carbonyl (C=O) groups is 2. The molecule has 1 saturated heterocycles. The maximum atomic E-state index is 11.6. The maximum absolute atomic E-state index is 11.6. The normalized spacial score (nSPS) is 18.4. The van der Waals surface area contributed by atoms with E-state index in [0.29, 0.717) is 12.8 Å². The molecule has 0 aromatic heterocycles. The van der Waals surface area contributed by atoms with Crippen LogP contribution < -0.4 is 15.5 Å². The second kappa shape index (κ2) is 5.99. The van der Waals surface area contributed by atoms with Crippen LogP contribution in [0.5, 0.6) is 5.75 Å². The Bertz CT molecular complexity index is 496. The van der Waals surface area contributed by atoms with Crippen molar-refractivity contribution >= 4 is 18.0 Å². The van der Waals surface area contributed by atoms with E-state index in [9.17, 15) is 9.59 Å². The molecule has 0 radical (unpaired) electrons. The number of rotatable bonds is 4. The van der Waals surface area contributed by atoms with Gasteiger partial charge in [-0.15, -0.1) is 0 Å². The summed E-state index contributed by atoms with van der Waals surface area (Å²) in [5, 5.41) is 6.43. The summed E-state index contributed by atoms with van der Waals surface area (Å²) in [5.41, 5.74) is 3.25. The van der Waals surface area contributed by atoms with Crippen molar-refractivity contribution in [2.24, 2.45) is 5.10 Å². The Morgan fingerprint density at radius 1 is 1.47 bits per heavy atom. The molecule has 0 saturated carbocycles. The number of hydrogen-bond donors (Lipinski definition) is 2. The quantitative estimate of drug-likeness (QED) is 0.609. The molecule has 1 aromatic carbocycles. The monoisotopic (exact) mass is 261 g/mol. The Hall–Kier alpha value is -2.37. The number of hydrogen-bond acceptors (Lipinski definition) is 4. The Kier molecular flexibility index (Phi) is 4.12. The summed E-state index contributed by atoms with van der Waals surface area (Å²) in [6.07, 6.45) is 2.44. The van der Waals surface area contributed by atoms with Gasteiger partial charge in [0.25, 0.3) is 5.91 Å². The summed E-state index contributed by atoms with van der Waals surface area (Å²) < 4.78 is 5.03. The second-order valence-electron chi connectivity index (χ2n) is 4.17. The highest BCUT2D eigenvalue weighted by Gasteiger charge is 2.26. The van der Waals surface area contributed by atoms with Crippen molar-refractivity contribution in [3.8, 4) is 5.75 Å². The lowest BCUT2D eigenvalue weighted by Crippen LogP contribution is -2.39. The van der Waals surface area contributed by atoms with Gasteiger partial charge in [0.1, 0.15) is 11.8 Å². The van der Waals surface area contributed by atoms with Crippen molar-refractivity contribution in [3.05, 3.63) is 29.8 Å². The van der Waals surface area contributed by atoms with Crippen molar-refractivity contribution < 1.29 is 14.3 Å². The van der Waals surface area contributed by atoms with Crippen molar-refractivity contribution in [1.82, 2.24) is 10.7 Å². The van der Waals surface area contributed by atoms with Crippen LogP contribution in [0.1, 0.15) is 18.4 Å². The molecule has 2 N–H and O–H groups in total. The lowest BCUT2D eigenvalue weighted by atomic mass is 10.2. The molecule has 1 unspecified atom stereocenters. The fraction of sp³-hybridized carbons (Fsp3) is 0.308. The van der Waals surface area contributed by atoms with E-state index in [1.165, 1.54) is 6.21 Å². The van der Waals surface area contributed by atoms with Gasteiger partial charge in [-0.3, -0.25) is 9.59 Å². The van der Waals surface area contributed by atoms with Gasteiger partial charge in [-0.05, 0) is 36.2 Å². The zero-order valence-electron chi connectivity index (χ0n) is 10.6. The van der Waals surface area contributed by atoms with E-state index in [0.717, 1.165) is 11.3 Å². The molecule has 2 rings (SSSR count). The maximum Gasteiger partial charge on any atom is 0.262 e. The highest BCUT2D eigenvalue weighted by atomic mass is 16.5. The van der Waals surface area contributed by atoms with E-state index in [1.807, 2.05) is 12.1 Å². The summed E-state index contributed by atoms with van der Waals surface area (Å²) in [6.45, 7) is 0. The Morgan fingerprint density at radius 3 is 2.79 bits per heavy atom. The first-order valence-electron chi connectivity index (χ1n) is 5.95. The number of amides is 2. The van der Waals surface area contributed by atoms with E-state index in [2.05, 4.69) is 15.8 Å². The van der Waals surface area contributed by atoms with Gasteiger partial charge in [0, 0.05) is 6.42 Å². The van der Waals surface area contributed by atoms with Crippen LogP contribution in [0.4, 0.5) is 0 Å². The van der Waals surface area contributed by atoms with Crippen LogP contribution in [0.2, 0.25) is 0 Å². The van der Waals surface area contributed by atoms with Crippen molar-refractivity contribution in [2.45, 2.75) is 18.9 Å². The molecule has 0 spiro atoms. The van der Waals surface area contributed by atoms with Gasteiger partial charge >= 0.3 is 0 Å². The number of nitrogens with zero attached hydrogens (tertiary/aromatic N) is 1. The molecule has 1 aromatic rings. The van der Waals surface area contributed by atoms with Crippen molar-refractivity contribution in [3.63, 3.8) is 0 Å². The van der Waals surface area contributed by atoms with E-state index >= 15 is 0 Å². The molecule has 6 heteroatoms. The van der Waals surface area contributed by atoms with Gasteiger partial charge in [-0.1, -0.05) is 0 Å². The first-order chi connectivity index (χ1) is 9.19. The van der Waals surface area contributed by atoms with Gasteiger partial charge < -0.3 is 10.1 Å². The smallest absolute Gasteiger partial charge is 0.262 e. The first kappa shape index (κ1) is 13.1. The van der Waals surface area contributed by atoms with Crippen LogP contribution in [-0.2, 0) is 9.59 Å². The number of hydrazone groups is 1. The molecule has 2 amide bonds. The van der Waals surface area contributed by atoms with Crippen LogP contribution in [0.15, 0.2) is 29.4 Å². The molecule has 0 bridgehead atoms. The summed E-state index contributed by atoms with van der Waals surface area (Å²) in [7, 11) is 1.60. The Morgan fingerprint density at radius 2 is 2.21 bits per heavy atom. The number of ether oxygens (including phenoxy) is 1. The van der Waals surface area contributed by atoms with Crippen LogP contribution in [0, 0.1) is 0 Å². The van der Waals surface area contributed by atoms with Crippen LogP contribution in [0.25, 0.3) is 0 Å². The minimum atomic E-state index is -0.472. The molecule has 100 valence electrons. The average molecular weight is 261 g/mol. The van der Waals surface area contributed by atoms with Gasteiger partial charge in [-0.2, -0.15) is 5.10 Å². The number of nitrogens with one attached hydrogen (secondary N) is 2. The molecule has 1 fully saturated rings. The van der Waals surface area contributed by atoms with Crippen molar-refractivity contribution in [1.29, 1.82) is 0 Å². The summed E-state index contributed by atoms with van der Waals surface area (Å²) in [5.74, 6) is 0.366. The van der Waals surface area contributed by atoms with E-state index in [-0.39, 0.29) is 11.8 Å². The zero-order valence-corrected chi connectivity index (χ0v) is 10.6. The predicted octanol–water partition coefficient (Wildman–Crippen LogP) is 0.424. The molecule has 0 aliphatic carbocycles. The molecule has 1 heterocycles. The van der Waals surface area contributed by atoms with E-state index in [1.54, 1.807) is 19.2 Å². The van der Waals surface area contributed by atoms with Crippen LogP contribution >= 0.6 is 0 Å². The lowest BCUT2D eigenvalue weighted by Gasteiger charge is -2.06. The average Bonchev–Trinajstić information content (AvgIpc) is 2.86. The Balaban J connectivity index is 1.85. The highest BCUT2D eigenvalue weighted by molar-refractivity contribution is 5.91. The highest BCUT2D eigenvalue weighted by Crippen LogP contribution is 2.09. The minimum absolute atomic E-state index is 0.0979. The van der Waals surface area contributed by atoms with Gasteiger partial charge in [0.2, 0.25) is 5.91 Å². The Labute approximate surface area is 110 Å². The fourth-order valence-electron chi connectivity index (χ4n) is 1.75. The summed E-state index contributed by atoms with van der Waals surface area (Å²) in [4.78, 5) is 22.6. The zero-order chi connectivity index (χ0) is 13.7. The van der Waals surface area contributed by atoms with Crippen LogP contribution in [0.3, 0.4) is 0 Å². The number of benzene rings is 1. The topological polar surface area (TPSA) is 79.8 Å². The van der Waals surface area contributed by atoms with Gasteiger partial charge in [0.15, 0.2) is 0 Å². The molecule has 1 aliphatic rings. The lowest BCUT2D eigenvalue weighted by molar-refractivity contribution is -0.125. The predicted molar refractivity (Wildman–Crippen MR) is 69.9 cm³/mol. The second-order valence-corrected chi connectivity index (χ2v) is 4.17. The summed E-state index contributed by atoms with van der Waals surface area (Å²) >= 11 is 0. The van der Waals surface area contributed by atoms with Crippen molar-refractivity contribution in [2.75, 3.05) is 7.11 Å². The third-order valence-corrected chi connectivity index (χ3v) is 2.82.